The molecule has 0 bridgehead atoms. The average molecular weight is 346 g/mol. The highest BCUT2D eigenvalue weighted by Gasteiger charge is 2.16. The zero-order valence-electron chi connectivity index (χ0n) is 14.0. The van der Waals surface area contributed by atoms with Gasteiger partial charge in [-0.3, -0.25) is 5.10 Å². The van der Waals surface area contributed by atoms with Gasteiger partial charge in [0.15, 0.2) is 0 Å². The van der Waals surface area contributed by atoms with Gasteiger partial charge in [0, 0.05) is 48.0 Å². The van der Waals surface area contributed by atoms with Crippen molar-refractivity contribution in [1.29, 1.82) is 5.26 Å². The van der Waals surface area contributed by atoms with E-state index in [4.69, 9.17) is 0 Å². The largest absolute Gasteiger partial charge is 0.380 e. The fraction of sp³-hybridized carbons (Fsp3) is 0.222. The second-order valence-corrected chi connectivity index (χ2v) is 6.11. The van der Waals surface area contributed by atoms with E-state index in [1.54, 1.807) is 30.9 Å². The Morgan fingerprint density at radius 1 is 1.15 bits per heavy atom. The summed E-state index contributed by atoms with van der Waals surface area (Å²) in [7, 11) is 0. The topological polar surface area (TPSA) is 114 Å². The van der Waals surface area contributed by atoms with Crippen LogP contribution in [0.2, 0.25) is 0 Å². The van der Waals surface area contributed by atoms with Crippen molar-refractivity contribution in [2.24, 2.45) is 0 Å². The molecule has 3 heterocycles. The summed E-state index contributed by atoms with van der Waals surface area (Å²) in [5, 5.41) is 26.0. The molecule has 3 aromatic rings. The molecule has 0 aliphatic carbocycles. The highest BCUT2D eigenvalue weighted by atomic mass is 15.1. The summed E-state index contributed by atoms with van der Waals surface area (Å²) in [6, 6.07) is 8.14. The molecule has 1 fully saturated rings. The summed E-state index contributed by atoms with van der Waals surface area (Å²) in [5.74, 6) is 0.496. The molecular formula is C18H18N8. The molecule has 0 radical (unpaired) electrons. The molecule has 0 saturated carbocycles. The Labute approximate surface area is 150 Å². The van der Waals surface area contributed by atoms with Gasteiger partial charge in [0.05, 0.1) is 17.4 Å². The van der Waals surface area contributed by atoms with Gasteiger partial charge < -0.3 is 16.0 Å². The van der Waals surface area contributed by atoms with Crippen LogP contribution in [0.4, 0.5) is 17.3 Å². The number of aromatic nitrogens is 4. The van der Waals surface area contributed by atoms with Crippen LogP contribution < -0.4 is 16.0 Å². The van der Waals surface area contributed by atoms with Crippen molar-refractivity contribution in [3.05, 3.63) is 48.5 Å². The van der Waals surface area contributed by atoms with Crippen LogP contribution in [0.1, 0.15) is 12.0 Å². The Balaban J connectivity index is 1.51. The van der Waals surface area contributed by atoms with Crippen LogP contribution in [0, 0.1) is 11.3 Å². The zero-order valence-corrected chi connectivity index (χ0v) is 14.0. The third kappa shape index (κ3) is 3.48. The Kier molecular flexibility index (Phi) is 4.45. The number of nitriles is 1. The summed E-state index contributed by atoms with van der Waals surface area (Å²) in [5.41, 5.74) is 4.10. The zero-order chi connectivity index (χ0) is 17.8. The highest BCUT2D eigenvalue weighted by molar-refractivity contribution is 5.68. The third-order valence-electron chi connectivity index (χ3n) is 4.30. The molecular weight excluding hydrogens is 328 g/mol. The number of benzene rings is 1. The molecule has 8 heteroatoms. The minimum Gasteiger partial charge on any atom is -0.380 e. The summed E-state index contributed by atoms with van der Waals surface area (Å²) >= 11 is 0. The van der Waals surface area contributed by atoms with Gasteiger partial charge in [0.2, 0.25) is 5.95 Å². The van der Waals surface area contributed by atoms with Crippen LogP contribution in [0.15, 0.2) is 43.0 Å². The molecule has 4 N–H and O–H groups in total. The number of nitrogens with one attached hydrogen (secondary N) is 4. The molecule has 2 aromatic heterocycles. The molecule has 1 saturated heterocycles. The lowest BCUT2D eigenvalue weighted by Gasteiger charge is -2.15. The van der Waals surface area contributed by atoms with Crippen molar-refractivity contribution in [2.45, 2.75) is 12.5 Å². The van der Waals surface area contributed by atoms with Gasteiger partial charge in [0.25, 0.3) is 0 Å². The molecule has 130 valence electrons. The van der Waals surface area contributed by atoms with Gasteiger partial charge in [0.1, 0.15) is 6.07 Å². The second-order valence-electron chi connectivity index (χ2n) is 6.11. The van der Waals surface area contributed by atoms with Gasteiger partial charge >= 0.3 is 0 Å². The molecule has 26 heavy (non-hydrogen) atoms. The van der Waals surface area contributed by atoms with E-state index in [-0.39, 0.29) is 0 Å². The van der Waals surface area contributed by atoms with Crippen LogP contribution in [-0.4, -0.2) is 39.3 Å². The Bertz CT molecular complexity index is 905. The van der Waals surface area contributed by atoms with Crippen LogP contribution in [0.25, 0.3) is 11.1 Å². The molecule has 1 atom stereocenters. The molecule has 1 aliphatic heterocycles. The molecule has 0 spiro atoms. The van der Waals surface area contributed by atoms with E-state index in [9.17, 15) is 5.26 Å². The first-order valence-electron chi connectivity index (χ1n) is 8.41. The van der Waals surface area contributed by atoms with Crippen molar-refractivity contribution in [3.8, 4) is 17.2 Å². The quantitative estimate of drug-likeness (QED) is 0.560. The summed E-state index contributed by atoms with van der Waals surface area (Å²) in [6.45, 7) is 1.90. The first kappa shape index (κ1) is 16.1. The Morgan fingerprint density at radius 3 is 2.73 bits per heavy atom. The smallest absolute Gasteiger partial charge is 0.227 e. The van der Waals surface area contributed by atoms with Gasteiger partial charge in [-0.25, -0.2) is 9.97 Å². The lowest BCUT2D eigenvalue weighted by molar-refractivity contribution is 0.793. The van der Waals surface area contributed by atoms with Crippen LogP contribution in [-0.2, 0) is 0 Å². The van der Waals surface area contributed by atoms with E-state index < -0.39 is 0 Å². The predicted octanol–water partition coefficient (Wildman–Crippen LogP) is 2.26. The minimum atomic E-state index is 0.336. The number of H-pyrrole nitrogens is 1. The average Bonchev–Trinajstić information content (AvgIpc) is 3.37. The molecule has 0 unspecified atom stereocenters. The normalized spacial score (nSPS) is 16.2. The van der Waals surface area contributed by atoms with Gasteiger partial charge in [-0.05, 0) is 31.2 Å². The van der Waals surface area contributed by atoms with Crippen molar-refractivity contribution >= 4 is 17.3 Å². The van der Waals surface area contributed by atoms with Gasteiger partial charge in [-0.15, -0.1) is 0 Å². The number of hydrogen-bond donors (Lipinski definition) is 4. The molecule has 1 aliphatic rings. The number of aromatic amines is 1. The lowest BCUT2D eigenvalue weighted by Crippen LogP contribution is -2.22. The summed E-state index contributed by atoms with van der Waals surface area (Å²) in [6.07, 6.45) is 8.05. The summed E-state index contributed by atoms with van der Waals surface area (Å²) in [4.78, 5) is 8.69. The second kappa shape index (κ2) is 7.21. The fourth-order valence-electron chi connectivity index (χ4n) is 2.92. The van der Waals surface area contributed by atoms with Crippen molar-refractivity contribution in [2.75, 3.05) is 23.7 Å². The van der Waals surface area contributed by atoms with Crippen LogP contribution >= 0.6 is 0 Å². The van der Waals surface area contributed by atoms with Crippen molar-refractivity contribution < 1.29 is 0 Å². The van der Waals surface area contributed by atoms with E-state index in [1.807, 2.05) is 12.1 Å². The number of anilines is 3. The third-order valence-corrected chi connectivity index (χ3v) is 4.30. The summed E-state index contributed by atoms with van der Waals surface area (Å²) < 4.78 is 0. The van der Waals surface area contributed by atoms with Crippen LogP contribution in [0.5, 0.6) is 0 Å². The molecule has 0 amide bonds. The Morgan fingerprint density at radius 2 is 2.04 bits per heavy atom. The highest BCUT2D eigenvalue weighted by Crippen LogP contribution is 2.24. The van der Waals surface area contributed by atoms with Gasteiger partial charge in [-0.1, -0.05) is 0 Å². The molecule has 4 rings (SSSR count). The molecule has 8 nitrogen and oxygen atoms in total. The SMILES string of the molecule is N#Cc1ccc(Nc2ncc(-c3cn[nH]c3)cn2)cc1N[C@@H]1CCNC1. The van der Waals surface area contributed by atoms with E-state index in [1.165, 1.54) is 0 Å². The fourth-order valence-corrected chi connectivity index (χ4v) is 2.92. The maximum atomic E-state index is 9.34. The predicted molar refractivity (Wildman–Crippen MR) is 99.0 cm³/mol. The Hall–Kier alpha value is -3.44. The van der Waals surface area contributed by atoms with Crippen molar-refractivity contribution in [3.63, 3.8) is 0 Å². The first-order chi connectivity index (χ1) is 12.8. The van der Waals surface area contributed by atoms with Crippen molar-refractivity contribution in [1.82, 2.24) is 25.5 Å². The van der Waals surface area contributed by atoms with E-state index in [0.717, 1.165) is 42.0 Å². The van der Waals surface area contributed by atoms with Gasteiger partial charge in [-0.2, -0.15) is 10.4 Å². The number of nitrogens with zero attached hydrogens (tertiary/aromatic N) is 4. The number of hydrogen-bond acceptors (Lipinski definition) is 7. The minimum absolute atomic E-state index is 0.336. The monoisotopic (exact) mass is 346 g/mol. The van der Waals surface area contributed by atoms with E-state index >= 15 is 0 Å². The van der Waals surface area contributed by atoms with E-state index in [2.05, 4.69) is 42.2 Å². The number of rotatable bonds is 5. The standard InChI is InChI=1S/C18H18N8/c19-6-12-1-2-15(5-17(12)25-16-3-4-20-11-16)26-18-21-7-13(8-22-18)14-9-23-24-10-14/h1-2,5,7-10,16,20,25H,3-4,11H2,(H,23,24)(H,21,22,26)/t16-/m1/s1. The maximum Gasteiger partial charge on any atom is 0.227 e. The first-order valence-corrected chi connectivity index (χ1v) is 8.41. The lowest BCUT2D eigenvalue weighted by atomic mass is 10.1. The van der Waals surface area contributed by atoms with E-state index in [0.29, 0.717) is 17.6 Å². The maximum absolute atomic E-state index is 9.34. The van der Waals surface area contributed by atoms with Crippen LogP contribution in [0.3, 0.4) is 0 Å². The molecule has 1 aromatic carbocycles.